The van der Waals surface area contributed by atoms with Gasteiger partial charge in [0.1, 0.15) is 0 Å². The van der Waals surface area contributed by atoms with E-state index in [1.165, 1.54) is 100 Å². The van der Waals surface area contributed by atoms with E-state index in [0.29, 0.717) is 5.41 Å². The van der Waals surface area contributed by atoms with Gasteiger partial charge in [0.05, 0.1) is 0 Å². The minimum absolute atomic E-state index is 0.0553. The van der Waals surface area contributed by atoms with Crippen molar-refractivity contribution in [3.8, 4) is 22.3 Å². The van der Waals surface area contributed by atoms with Crippen LogP contribution in [0.1, 0.15) is 113 Å². The van der Waals surface area contributed by atoms with Crippen molar-refractivity contribution in [3.05, 3.63) is 137 Å². The molecule has 0 saturated heterocycles. The number of anilines is 3. The molecule has 7 aliphatic rings. The zero-order valence-electron chi connectivity index (χ0n) is 31.8. The van der Waals surface area contributed by atoms with E-state index in [4.69, 9.17) is 0 Å². The Hall–Kier alpha value is -4.10. The van der Waals surface area contributed by atoms with Crippen molar-refractivity contribution >= 4 is 17.1 Å². The fourth-order valence-corrected chi connectivity index (χ4v) is 14.4. The lowest BCUT2D eigenvalue weighted by Crippen LogP contribution is -2.73. The molecule has 2 spiro atoms. The van der Waals surface area contributed by atoms with Crippen molar-refractivity contribution in [1.82, 2.24) is 0 Å². The summed E-state index contributed by atoms with van der Waals surface area (Å²) in [5.74, 6) is 3.64. The molecule has 0 N–H and O–H groups in total. The lowest BCUT2D eigenvalue weighted by molar-refractivity contribution is -0.231. The van der Waals surface area contributed by atoms with Crippen molar-refractivity contribution in [2.45, 2.75) is 102 Å². The van der Waals surface area contributed by atoms with Crippen LogP contribution in [0.2, 0.25) is 0 Å². The van der Waals surface area contributed by atoms with E-state index in [0.717, 1.165) is 23.7 Å². The number of hydrogen-bond acceptors (Lipinski definition) is 1. The SMILES string of the molecule is CC1(C)CCC(C)(C)c2cc(N(c3ccc4c(c3)-c3ccccc3C43C4CC5CC6CC3C64C5)c3ccc4c(c3)C(C)(C)c3ccccc3-4)ccc21. The third-order valence-electron chi connectivity index (χ3n) is 16.8. The predicted molar refractivity (Wildman–Crippen MR) is 215 cm³/mol. The van der Waals surface area contributed by atoms with Crippen LogP contribution in [-0.2, 0) is 21.7 Å². The summed E-state index contributed by atoms with van der Waals surface area (Å²) in [6.45, 7) is 14.6. The van der Waals surface area contributed by atoms with Crippen molar-refractivity contribution in [2.75, 3.05) is 4.90 Å². The standard InChI is InChI=1S/C51H51N/c1-47(2)21-22-48(3,4)44-28-34(17-20-42(44)47)52(33-15-18-37-35-11-7-9-13-39(35)49(5,6)43(37)27-33)32-16-19-41-38(26-32)36-12-8-10-14-40(36)51(41)45-24-30-23-31-25-46(51)50(31,45)29-30/h7-20,26-28,30-31,45-46H,21-25,29H2,1-6H3. The second kappa shape index (κ2) is 9.33. The second-order valence-corrected chi connectivity index (χ2v) is 20.1. The Balaban J connectivity index is 1.06. The highest BCUT2D eigenvalue weighted by molar-refractivity contribution is 5.90. The summed E-state index contributed by atoms with van der Waals surface area (Å²) < 4.78 is 0. The molecule has 12 rings (SSSR count). The summed E-state index contributed by atoms with van der Waals surface area (Å²) in [4.78, 5) is 2.60. The molecule has 0 radical (unpaired) electrons. The van der Waals surface area contributed by atoms with Gasteiger partial charge in [0.15, 0.2) is 0 Å². The number of rotatable bonds is 3. The number of nitrogens with zero attached hydrogens (tertiary/aromatic N) is 1. The predicted octanol–water partition coefficient (Wildman–Crippen LogP) is 13.1. The highest BCUT2D eigenvalue weighted by atomic mass is 15.1. The molecule has 1 nitrogen and oxygen atoms in total. The summed E-state index contributed by atoms with van der Waals surface area (Å²) in [7, 11) is 0. The summed E-state index contributed by atoms with van der Waals surface area (Å²) >= 11 is 0. The van der Waals surface area contributed by atoms with E-state index in [9.17, 15) is 0 Å². The monoisotopic (exact) mass is 677 g/mol. The lowest BCUT2D eigenvalue weighted by Gasteiger charge is -2.76. The van der Waals surface area contributed by atoms with Gasteiger partial charge in [-0.1, -0.05) is 108 Å². The van der Waals surface area contributed by atoms with E-state index in [1.54, 1.807) is 11.1 Å². The molecule has 2 bridgehead atoms. The maximum Gasteiger partial charge on any atom is 0.0468 e. The molecule has 260 valence electrons. The van der Waals surface area contributed by atoms with E-state index >= 15 is 0 Å². The lowest BCUT2D eigenvalue weighted by atomic mass is 9.27. The number of hydrogen-bond donors (Lipinski definition) is 0. The Labute approximate surface area is 310 Å². The van der Waals surface area contributed by atoms with Crippen LogP contribution in [0.5, 0.6) is 0 Å². The van der Waals surface area contributed by atoms with Gasteiger partial charge < -0.3 is 4.90 Å². The zero-order chi connectivity index (χ0) is 35.2. The molecule has 0 amide bonds. The molecule has 5 aromatic carbocycles. The van der Waals surface area contributed by atoms with Gasteiger partial charge in [-0.3, -0.25) is 0 Å². The fourth-order valence-electron chi connectivity index (χ4n) is 14.4. The maximum absolute atomic E-state index is 2.60. The van der Waals surface area contributed by atoms with Crippen LogP contribution in [0, 0.1) is 29.1 Å². The third kappa shape index (κ3) is 3.32. The van der Waals surface area contributed by atoms with E-state index < -0.39 is 0 Å². The summed E-state index contributed by atoms with van der Waals surface area (Å²) in [6, 6.07) is 41.1. The van der Waals surface area contributed by atoms with Crippen molar-refractivity contribution < 1.29 is 0 Å². The molecule has 0 aromatic heterocycles. The zero-order valence-corrected chi connectivity index (χ0v) is 31.8. The Morgan fingerprint density at radius 1 is 0.481 bits per heavy atom. The Morgan fingerprint density at radius 3 is 1.79 bits per heavy atom. The van der Waals surface area contributed by atoms with Crippen molar-refractivity contribution in [2.24, 2.45) is 29.1 Å². The third-order valence-corrected chi connectivity index (χ3v) is 16.8. The number of benzene rings is 5. The quantitative estimate of drug-likeness (QED) is 0.184. The minimum Gasteiger partial charge on any atom is -0.310 e. The number of fused-ring (bicyclic) bond motifs is 12. The Bertz CT molecular complexity index is 2410. The molecular formula is C51H51N. The van der Waals surface area contributed by atoms with Gasteiger partial charge in [-0.15, -0.1) is 0 Å². The van der Waals surface area contributed by atoms with Gasteiger partial charge in [0.2, 0.25) is 0 Å². The first kappa shape index (κ1) is 30.4. The maximum atomic E-state index is 2.60. The average molecular weight is 678 g/mol. The smallest absolute Gasteiger partial charge is 0.0468 e. The average Bonchev–Trinajstić information content (AvgIpc) is 3.83. The fraction of sp³-hybridized carbons (Fsp3) is 0.412. The molecule has 6 atom stereocenters. The first-order chi connectivity index (χ1) is 25.0. The van der Waals surface area contributed by atoms with Gasteiger partial charge in [-0.25, -0.2) is 0 Å². The van der Waals surface area contributed by atoms with Crippen LogP contribution in [-0.4, -0.2) is 0 Å². The molecule has 0 heterocycles. The largest absolute Gasteiger partial charge is 0.310 e. The Kier molecular flexibility index (Phi) is 5.45. The van der Waals surface area contributed by atoms with Gasteiger partial charge in [0.25, 0.3) is 0 Å². The van der Waals surface area contributed by atoms with Gasteiger partial charge in [0, 0.05) is 27.9 Å². The van der Waals surface area contributed by atoms with Crippen LogP contribution in [0.15, 0.2) is 103 Å². The highest BCUT2D eigenvalue weighted by Crippen LogP contribution is 2.89. The first-order valence-electron chi connectivity index (χ1n) is 20.4. The van der Waals surface area contributed by atoms with Crippen LogP contribution in [0.4, 0.5) is 17.1 Å². The molecule has 6 unspecified atom stereocenters. The summed E-state index contributed by atoms with van der Waals surface area (Å²) in [5, 5.41) is 0. The van der Waals surface area contributed by atoms with E-state index in [2.05, 4.69) is 150 Å². The Morgan fingerprint density at radius 2 is 1.04 bits per heavy atom. The van der Waals surface area contributed by atoms with Crippen molar-refractivity contribution in [3.63, 3.8) is 0 Å². The molecule has 4 fully saturated rings. The van der Waals surface area contributed by atoms with E-state index in [-0.39, 0.29) is 21.7 Å². The molecule has 0 aliphatic heterocycles. The highest BCUT2D eigenvalue weighted by Gasteiger charge is 2.84. The second-order valence-electron chi connectivity index (χ2n) is 20.1. The molecular weight excluding hydrogens is 627 g/mol. The van der Waals surface area contributed by atoms with Crippen molar-refractivity contribution in [1.29, 1.82) is 0 Å². The molecule has 52 heavy (non-hydrogen) atoms. The molecule has 4 saturated carbocycles. The topological polar surface area (TPSA) is 3.24 Å². The van der Waals surface area contributed by atoms with Crippen LogP contribution in [0.25, 0.3) is 22.3 Å². The minimum atomic E-state index is -0.0553. The van der Waals surface area contributed by atoms with Crippen LogP contribution >= 0.6 is 0 Å². The summed E-state index contributed by atoms with van der Waals surface area (Å²) in [6.07, 6.45) is 8.37. The summed E-state index contributed by atoms with van der Waals surface area (Å²) in [5.41, 5.74) is 19.9. The first-order valence-corrected chi connectivity index (χ1v) is 20.4. The molecule has 7 aliphatic carbocycles. The van der Waals surface area contributed by atoms with Gasteiger partial charge >= 0.3 is 0 Å². The van der Waals surface area contributed by atoms with Gasteiger partial charge in [-0.05, 0) is 170 Å². The van der Waals surface area contributed by atoms with Crippen LogP contribution < -0.4 is 4.90 Å². The normalized spacial score (nSPS) is 31.8. The van der Waals surface area contributed by atoms with E-state index in [1.807, 2.05) is 0 Å². The van der Waals surface area contributed by atoms with Crippen LogP contribution in [0.3, 0.4) is 0 Å². The molecule has 1 heteroatoms. The molecule has 5 aromatic rings. The van der Waals surface area contributed by atoms with Gasteiger partial charge in [-0.2, -0.15) is 0 Å².